The van der Waals surface area contributed by atoms with Crippen LogP contribution in [0.4, 0.5) is 0 Å². The number of rotatable bonds is 9. The van der Waals surface area contributed by atoms with E-state index < -0.39 is 0 Å². The zero-order chi connectivity index (χ0) is 15.1. The maximum Gasteiger partial charge on any atom is 0.166 e. The molecule has 0 radical (unpaired) electrons. The summed E-state index contributed by atoms with van der Waals surface area (Å²) < 4.78 is 5.50. The minimum absolute atomic E-state index is 0.680. The molecule has 0 aliphatic heterocycles. The number of likely N-dealkylation sites (N-methyl/N-ethyl adjacent to an activating group) is 1. The largest absolute Gasteiger partial charge is 0.494 e. The van der Waals surface area contributed by atoms with Crippen LogP contribution in [0.25, 0.3) is 11.0 Å². The van der Waals surface area contributed by atoms with Crippen molar-refractivity contribution in [3.05, 3.63) is 18.2 Å². The molecule has 1 heterocycles. The van der Waals surface area contributed by atoms with Crippen LogP contribution in [0.15, 0.2) is 23.4 Å². The lowest BCUT2D eigenvalue weighted by molar-refractivity contribution is 0.340. The summed E-state index contributed by atoms with van der Waals surface area (Å²) in [5.41, 5.74) is 2.02. The minimum atomic E-state index is 0.680. The third-order valence-electron chi connectivity index (χ3n) is 3.00. The number of ether oxygens (including phenoxy) is 1. The fourth-order valence-electron chi connectivity index (χ4n) is 1.94. The van der Waals surface area contributed by atoms with Crippen LogP contribution in [0.1, 0.15) is 6.92 Å². The van der Waals surface area contributed by atoms with Crippen molar-refractivity contribution in [1.29, 1.82) is 0 Å². The molecule has 116 valence electrons. The summed E-state index contributed by atoms with van der Waals surface area (Å²) in [5, 5.41) is 4.39. The van der Waals surface area contributed by atoms with E-state index in [9.17, 15) is 0 Å². The van der Waals surface area contributed by atoms with Crippen molar-refractivity contribution in [2.45, 2.75) is 12.1 Å². The molecule has 0 saturated heterocycles. The second-order valence-electron chi connectivity index (χ2n) is 5.06. The van der Waals surface area contributed by atoms with Gasteiger partial charge in [0.15, 0.2) is 5.16 Å². The highest BCUT2D eigenvalue weighted by Gasteiger charge is 2.04. The SMILES string of the molecule is CCOc1ccc2nc(SCCNCCN(C)C)[nH]c2c1. The van der Waals surface area contributed by atoms with Crippen LogP contribution < -0.4 is 10.1 Å². The van der Waals surface area contributed by atoms with Crippen LogP contribution in [-0.2, 0) is 0 Å². The number of fused-ring (bicyclic) bond motifs is 1. The highest BCUT2D eigenvalue weighted by atomic mass is 32.2. The molecular weight excluding hydrogens is 284 g/mol. The second kappa shape index (κ2) is 8.26. The standard InChI is InChI=1S/C15H24N4OS/c1-4-20-12-5-6-13-14(11-12)18-15(17-13)21-10-8-16-7-9-19(2)3/h5-6,11,16H,4,7-10H2,1-3H3,(H,17,18). The maximum atomic E-state index is 5.50. The van der Waals surface area contributed by atoms with Gasteiger partial charge in [0.25, 0.3) is 0 Å². The normalized spacial score (nSPS) is 11.4. The number of nitrogens with zero attached hydrogens (tertiary/aromatic N) is 2. The molecule has 0 amide bonds. The molecule has 0 aliphatic carbocycles. The average molecular weight is 308 g/mol. The van der Waals surface area contributed by atoms with Crippen molar-refractivity contribution in [3.8, 4) is 5.75 Å². The number of H-pyrrole nitrogens is 1. The number of hydrogen-bond acceptors (Lipinski definition) is 5. The van der Waals surface area contributed by atoms with Crippen molar-refractivity contribution < 1.29 is 4.74 Å². The third kappa shape index (κ3) is 5.22. The Labute approximate surface area is 130 Å². The van der Waals surface area contributed by atoms with Gasteiger partial charge in [0.05, 0.1) is 17.6 Å². The van der Waals surface area contributed by atoms with E-state index in [-0.39, 0.29) is 0 Å². The number of benzene rings is 1. The van der Waals surface area contributed by atoms with Gasteiger partial charge in [0, 0.05) is 31.5 Å². The van der Waals surface area contributed by atoms with E-state index in [1.807, 2.05) is 25.1 Å². The first-order valence-electron chi connectivity index (χ1n) is 7.30. The van der Waals surface area contributed by atoms with E-state index in [2.05, 4.69) is 34.3 Å². The van der Waals surface area contributed by atoms with Crippen molar-refractivity contribution >= 4 is 22.8 Å². The first-order valence-corrected chi connectivity index (χ1v) is 8.28. The summed E-state index contributed by atoms with van der Waals surface area (Å²) >= 11 is 1.74. The van der Waals surface area contributed by atoms with E-state index >= 15 is 0 Å². The predicted molar refractivity (Wildman–Crippen MR) is 89.4 cm³/mol. The summed E-state index contributed by atoms with van der Waals surface area (Å²) in [5.74, 6) is 1.89. The lowest BCUT2D eigenvalue weighted by Crippen LogP contribution is -2.27. The van der Waals surface area contributed by atoms with E-state index in [0.29, 0.717) is 6.61 Å². The quantitative estimate of drug-likeness (QED) is 0.549. The van der Waals surface area contributed by atoms with E-state index in [0.717, 1.165) is 47.3 Å². The van der Waals surface area contributed by atoms with Gasteiger partial charge < -0.3 is 19.9 Å². The summed E-state index contributed by atoms with van der Waals surface area (Å²) in [4.78, 5) is 10.1. The van der Waals surface area contributed by atoms with Crippen molar-refractivity contribution in [3.63, 3.8) is 0 Å². The molecule has 1 aromatic carbocycles. The van der Waals surface area contributed by atoms with Gasteiger partial charge in [-0.3, -0.25) is 0 Å². The van der Waals surface area contributed by atoms with Crippen LogP contribution in [-0.4, -0.2) is 61.0 Å². The zero-order valence-corrected chi connectivity index (χ0v) is 13.8. The van der Waals surface area contributed by atoms with Crippen LogP contribution in [0.3, 0.4) is 0 Å². The Bertz CT molecular complexity index is 556. The molecule has 0 aliphatic rings. The first kappa shape index (κ1) is 16.1. The molecule has 0 unspecified atom stereocenters. The monoisotopic (exact) mass is 308 g/mol. The van der Waals surface area contributed by atoms with Crippen molar-refractivity contribution in [2.24, 2.45) is 0 Å². The number of nitrogens with one attached hydrogen (secondary N) is 2. The Kier molecular flexibility index (Phi) is 6.35. The fraction of sp³-hybridized carbons (Fsp3) is 0.533. The Balaban J connectivity index is 1.80. The molecule has 2 N–H and O–H groups in total. The van der Waals surface area contributed by atoms with Gasteiger partial charge in [-0.2, -0.15) is 0 Å². The van der Waals surface area contributed by atoms with E-state index in [1.165, 1.54) is 0 Å². The third-order valence-corrected chi connectivity index (χ3v) is 3.87. The summed E-state index contributed by atoms with van der Waals surface area (Å²) in [6, 6.07) is 5.96. The molecule has 21 heavy (non-hydrogen) atoms. The van der Waals surface area contributed by atoms with Gasteiger partial charge >= 0.3 is 0 Å². The number of thioether (sulfide) groups is 1. The second-order valence-corrected chi connectivity index (χ2v) is 6.14. The van der Waals surface area contributed by atoms with Gasteiger partial charge in [0.1, 0.15) is 5.75 Å². The van der Waals surface area contributed by atoms with Gasteiger partial charge in [0.2, 0.25) is 0 Å². The van der Waals surface area contributed by atoms with Crippen molar-refractivity contribution in [1.82, 2.24) is 20.2 Å². The number of aromatic nitrogens is 2. The predicted octanol–water partition coefficient (Wildman–Crippen LogP) is 2.20. The average Bonchev–Trinajstić information content (AvgIpc) is 2.84. The van der Waals surface area contributed by atoms with Gasteiger partial charge in [-0.15, -0.1) is 0 Å². The smallest absolute Gasteiger partial charge is 0.166 e. The molecule has 2 rings (SSSR count). The van der Waals surface area contributed by atoms with Crippen LogP contribution in [0.2, 0.25) is 0 Å². The molecule has 2 aromatic rings. The topological polar surface area (TPSA) is 53.2 Å². The lowest BCUT2D eigenvalue weighted by Gasteiger charge is -2.09. The summed E-state index contributed by atoms with van der Waals surface area (Å²) in [6.07, 6.45) is 0. The molecular formula is C15H24N4OS. The van der Waals surface area contributed by atoms with Crippen molar-refractivity contribution in [2.75, 3.05) is 46.1 Å². The summed E-state index contributed by atoms with van der Waals surface area (Å²) in [7, 11) is 4.17. The van der Waals surface area contributed by atoms with E-state index in [4.69, 9.17) is 4.74 Å². The molecule has 0 fully saturated rings. The lowest BCUT2D eigenvalue weighted by atomic mass is 10.3. The first-order chi connectivity index (χ1) is 10.2. The maximum absolute atomic E-state index is 5.50. The molecule has 0 spiro atoms. The molecule has 5 nitrogen and oxygen atoms in total. The number of imidazole rings is 1. The molecule has 0 bridgehead atoms. The highest BCUT2D eigenvalue weighted by Crippen LogP contribution is 2.23. The Morgan fingerprint density at radius 2 is 2.19 bits per heavy atom. The fourth-order valence-corrected chi connectivity index (χ4v) is 2.72. The van der Waals surface area contributed by atoms with E-state index in [1.54, 1.807) is 11.8 Å². The number of hydrogen-bond donors (Lipinski definition) is 2. The van der Waals surface area contributed by atoms with Crippen LogP contribution >= 0.6 is 11.8 Å². The Morgan fingerprint density at radius 3 is 2.95 bits per heavy atom. The Hall–Kier alpha value is -1.24. The van der Waals surface area contributed by atoms with Gasteiger partial charge in [-0.05, 0) is 33.2 Å². The Morgan fingerprint density at radius 1 is 1.33 bits per heavy atom. The number of aromatic amines is 1. The minimum Gasteiger partial charge on any atom is -0.494 e. The van der Waals surface area contributed by atoms with Gasteiger partial charge in [-0.25, -0.2) is 4.98 Å². The van der Waals surface area contributed by atoms with Crippen LogP contribution in [0, 0.1) is 0 Å². The summed E-state index contributed by atoms with van der Waals surface area (Å²) in [6.45, 7) is 5.74. The molecule has 6 heteroatoms. The van der Waals surface area contributed by atoms with Gasteiger partial charge in [-0.1, -0.05) is 11.8 Å². The molecule has 0 saturated carbocycles. The molecule has 1 aromatic heterocycles. The highest BCUT2D eigenvalue weighted by molar-refractivity contribution is 7.99. The molecule has 0 atom stereocenters. The zero-order valence-electron chi connectivity index (χ0n) is 13.0. The van der Waals surface area contributed by atoms with Crippen LogP contribution in [0.5, 0.6) is 5.75 Å².